The Morgan fingerprint density at radius 3 is 2.76 bits per heavy atom. The SMILES string of the molecule is Cc1cc(F)cc(C(=O)N2CCc3ccc(O)cc3C2)c1. The van der Waals surface area contributed by atoms with Gasteiger partial charge in [-0.25, -0.2) is 4.39 Å². The summed E-state index contributed by atoms with van der Waals surface area (Å²) in [6.07, 6.45) is 0.746. The van der Waals surface area contributed by atoms with E-state index in [1.54, 1.807) is 30.0 Å². The van der Waals surface area contributed by atoms with Crippen LogP contribution in [0.3, 0.4) is 0 Å². The van der Waals surface area contributed by atoms with Crippen molar-refractivity contribution < 1.29 is 14.3 Å². The number of phenols is 1. The monoisotopic (exact) mass is 285 g/mol. The van der Waals surface area contributed by atoms with E-state index in [9.17, 15) is 14.3 Å². The fraction of sp³-hybridized carbons (Fsp3) is 0.235. The lowest BCUT2D eigenvalue weighted by Crippen LogP contribution is -2.36. The summed E-state index contributed by atoms with van der Waals surface area (Å²) in [5.41, 5.74) is 3.19. The Morgan fingerprint density at radius 2 is 2.00 bits per heavy atom. The standard InChI is InChI=1S/C17H16FNO2/c1-11-6-13(8-15(18)7-11)17(21)19-5-4-12-2-3-16(20)9-14(12)10-19/h2-3,6-9,20H,4-5,10H2,1H3. The molecule has 0 bridgehead atoms. The molecule has 3 nitrogen and oxygen atoms in total. The second-order valence-corrected chi connectivity index (χ2v) is 5.45. The van der Waals surface area contributed by atoms with Gasteiger partial charge in [0.2, 0.25) is 0 Å². The fourth-order valence-electron chi connectivity index (χ4n) is 2.76. The molecule has 0 saturated carbocycles. The van der Waals surface area contributed by atoms with Crippen LogP contribution in [0, 0.1) is 12.7 Å². The van der Waals surface area contributed by atoms with Gasteiger partial charge in [0.25, 0.3) is 5.91 Å². The van der Waals surface area contributed by atoms with E-state index in [0.717, 1.165) is 23.1 Å². The van der Waals surface area contributed by atoms with Crippen molar-refractivity contribution in [1.29, 1.82) is 0 Å². The van der Waals surface area contributed by atoms with E-state index in [1.807, 2.05) is 6.07 Å². The molecule has 0 unspecified atom stereocenters. The maximum Gasteiger partial charge on any atom is 0.254 e. The second kappa shape index (κ2) is 5.20. The van der Waals surface area contributed by atoms with Gasteiger partial charge >= 0.3 is 0 Å². The van der Waals surface area contributed by atoms with Gasteiger partial charge in [-0.2, -0.15) is 0 Å². The molecule has 0 radical (unpaired) electrons. The van der Waals surface area contributed by atoms with Gasteiger partial charge in [-0.05, 0) is 60.4 Å². The van der Waals surface area contributed by atoms with Crippen molar-refractivity contribution in [2.75, 3.05) is 6.54 Å². The maximum absolute atomic E-state index is 13.4. The fourth-order valence-corrected chi connectivity index (χ4v) is 2.76. The molecule has 0 aromatic heterocycles. The number of rotatable bonds is 1. The predicted molar refractivity (Wildman–Crippen MR) is 77.7 cm³/mol. The summed E-state index contributed by atoms with van der Waals surface area (Å²) in [5.74, 6) is -0.371. The molecule has 0 spiro atoms. The van der Waals surface area contributed by atoms with E-state index in [2.05, 4.69) is 0 Å². The van der Waals surface area contributed by atoms with Crippen molar-refractivity contribution >= 4 is 5.91 Å². The van der Waals surface area contributed by atoms with E-state index in [0.29, 0.717) is 18.7 Å². The molecule has 21 heavy (non-hydrogen) atoms. The van der Waals surface area contributed by atoms with Gasteiger partial charge in [0.1, 0.15) is 11.6 Å². The van der Waals surface area contributed by atoms with Crippen LogP contribution in [-0.2, 0) is 13.0 Å². The third kappa shape index (κ3) is 2.75. The Kier molecular flexibility index (Phi) is 3.37. The zero-order chi connectivity index (χ0) is 15.0. The third-order valence-electron chi connectivity index (χ3n) is 3.78. The van der Waals surface area contributed by atoms with E-state index >= 15 is 0 Å². The summed E-state index contributed by atoms with van der Waals surface area (Å²) >= 11 is 0. The van der Waals surface area contributed by atoms with Crippen LogP contribution >= 0.6 is 0 Å². The molecule has 0 fully saturated rings. The van der Waals surface area contributed by atoms with Gasteiger partial charge in [0.05, 0.1) is 0 Å². The summed E-state index contributed by atoms with van der Waals surface area (Å²) in [7, 11) is 0. The number of amides is 1. The number of benzene rings is 2. The first-order chi connectivity index (χ1) is 10.0. The van der Waals surface area contributed by atoms with Crippen LogP contribution in [0.1, 0.15) is 27.0 Å². The normalized spacial score (nSPS) is 13.9. The van der Waals surface area contributed by atoms with Gasteiger partial charge in [-0.1, -0.05) is 6.07 Å². The van der Waals surface area contributed by atoms with Gasteiger partial charge < -0.3 is 10.0 Å². The molecule has 2 aromatic rings. The number of hydrogen-bond donors (Lipinski definition) is 1. The van der Waals surface area contributed by atoms with E-state index in [-0.39, 0.29) is 11.7 Å². The zero-order valence-electron chi connectivity index (χ0n) is 11.8. The molecule has 1 N–H and O–H groups in total. The molecule has 108 valence electrons. The molecule has 1 aliphatic heterocycles. The number of phenolic OH excluding ortho intramolecular Hbond substituents is 1. The lowest BCUT2D eigenvalue weighted by Gasteiger charge is -2.29. The highest BCUT2D eigenvalue weighted by molar-refractivity contribution is 5.94. The minimum atomic E-state index is -0.395. The van der Waals surface area contributed by atoms with Gasteiger partial charge in [-0.3, -0.25) is 4.79 Å². The summed E-state index contributed by atoms with van der Waals surface area (Å²) in [6, 6.07) is 9.60. The van der Waals surface area contributed by atoms with E-state index in [1.165, 1.54) is 12.1 Å². The molecule has 2 aromatic carbocycles. The molecular weight excluding hydrogens is 269 g/mol. The molecule has 0 aliphatic carbocycles. The van der Waals surface area contributed by atoms with Gasteiger partial charge in [0.15, 0.2) is 0 Å². The van der Waals surface area contributed by atoms with Crippen LogP contribution in [0.25, 0.3) is 0 Å². The molecule has 4 heteroatoms. The number of halogens is 1. The Hall–Kier alpha value is -2.36. The Bertz CT molecular complexity index is 692. The lowest BCUT2D eigenvalue weighted by molar-refractivity contribution is 0.0734. The highest BCUT2D eigenvalue weighted by atomic mass is 19.1. The van der Waals surface area contributed by atoms with Crippen molar-refractivity contribution in [3.8, 4) is 5.75 Å². The summed E-state index contributed by atoms with van der Waals surface area (Å²) in [5, 5.41) is 9.55. The zero-order valence-corrected chi connectivity index (χ0v) is 11.8. The van der Waals surface area contributed by atoms with Gasteiger partial charge in [-0.15, -0.1) is 0 Å². The Balaban J connectivity index is 1.86. The molecule has 1 aliphatic rings. The number of fused-ring (bicyclic) bond motifs is 1. The maximum atomic E-state index is 13.4. The van der Waals surface area contributed by atoms with Crippen molar-refractivity contribution in [3.05, 3.63) is 64.5 Å². The molecule has 3 rings (SSSR count). The smallest absolute Gasteiger partial charge is 0.254 e. The first-order valence-corrected chi connectivity index (χ1v) is 6.90. The number of aromatic hydroxyl groups is 1. The van der Waals surface area contributed by atoms with Crippen molar-refractivity contribution in [1.82, 2.24) is 4.90 Å². The summed E-state index contributed by atoms with van der Waals surface area (Å²) in [6.45, 7) is 2.81. The summed E-state index contributed by atoms with van der Waals surface area (Å²) in [4.78, 5) is 14.2. The average molecular weight is 285 g/mol. The number of carbonyl (C=O) groups is 1. The van der Waals surface area contributed by atoms with E-state index in [4.69, 9.17) is 0 Å². The highest BCUT2D eigenvalue weighted by Gasteiger charge is 2.22. The quantitative estimate of drug-likeness (QED) is 0.875. The third-order valence-corrected chi connectivity index (χ3v) is 3.78. The highest BCUT2D eigenvalue weighted by Crippen LogP contribution is 2.24. The van der Waals surface area contributed by atoms with E-state index < -0.39 is 5.82 Å². The van der Waals surface area contributed by atoms with Crippen molar-refractivity contribution in [2.24, 2.45) is 0 Å². The minimum Gasteiger partial charge on any atom is -0.508 e. The van der Waals surface area contributed by atoms with Crippen LogP contribution in [0.2, 0.25) is 0 Å². The molecule has 0 atom stereocenters. The van der Waals surface area contributed by atoms with Crippen molar-refractivity contribution in [3.63, 3.8) is 0 Å². The topological polar surface area (TPSA) is 40.5 Å². The van der Waals surface area contributed by atoms with Crippen LogP contribution < -0.4 is 0 Å². The molecule has 0 saturated heterocycles. The lowest BCUT2D eigenvalue weighted by atomic mass is 9.98. The van der Waals surface area contributed by atoms with Crippen LogP contribution in [0.15, 0.2) is 36.4 Å². The Labute approximate surface area is 122 Å². The average Bonchev–Trinajstić information content (AvgIpc) is 2.44. The largest absolute Gasteiger partial charge is 0.508 e. The minimum absolute atomic E-state index is 0.174. The second-order valence-electron chi connectivity index (χ2n) is 5.45. The predicted octanol–water partition coefficient (Wildman–Crippen LogP) is 3.04. The molecular formula is C17H16FNO2. The van der Waals surface area contributed by atoms with Crippen LogP contribution in [-0.4, -0.2) is 22.5 Å². The first-order valence-electron chi connectivity index (χ1n) is 6.90. The number of aryl methyl sites for hydroxylation is 1. The van der Waals surface area contributed by atoms with Crippen molar-refractivity contribution in [2.45, 2.75) is 19.9 Å². The molecule has 1 heterocycles. The number of nitrogens with zero attached hydrogens (tertiary/aromatic N) is 1. The first kappa shape index (κ1) is 13.6. The van der Waals surface area contributed by atoms with Crippen LogP contribution in [0.4, 0.5) is 4.39 Å². The molecule has 1 amide bonds. The van der Waals surface area contributed by atoms with Gasteiger partial charge in [0, 0.05) is 18.7 Å². The number of carbonyl (C=O) groups excluding carboxylic acids is 1. The Morgan fingerprint density at radius 1 is 1.19 bits per heavy atom. The number of hydrogen-bond acceptors (Lipinski definition) is 2. The summed E-state index contributed by atoms with van der Waals surface area (Å²) < 4.78 is 13.4. The van der Waals surface area contributed by atoms with Crippen LogP contribution in [0.5, 0.6) is 5.75 Å².